The summed E-state index contributed by atoms with van der Waals surface area (Å²) in [7, 11) is 0. The van der Waals surface area contributed by atoms with Crippen LogP contribution in [-0.4, -0.2) is 28.9 Å². The first-order chi connectivity index (χ1) is 10.6. The Morgan fingerprint density at radius 3 is 2.39 bits per heavy atom. The van der Waals surface area contributed by atoms with E-state index in [0.29, 0.717) is 11.6 Å². The average Bonchev–Trinajstić information content (AvgIpc) is 2.75. The molecule has 1 aliphatic heterocycles. The lowest BCUT2D eigenvalue weighted by molar-refractivity contribution is -0.122. The molecule has 0 aromatic heterocycles. The molecule has 126 valence electrons. The second-order valence-corrected chi connectivity index (χ2v) is 8.11. The summed E-state index contributed by atoms with van der Waals surface area (Å²) in [5.41, 5.74) is -0.852. The Kier molecular flexibility index (Phi) is 5.61. The van der Waals surface area contributed by atoms with E-state index in [1.165, 1.54) is 16.7 Å². The summed E-state index contributed by atoms with van der Waals surface area (Å²) in [6.45, 7) is 5.46. The van der Waals surface area contributed by atoms with Gasteiger partial charge in [-0.2, -0.15) is 0 Å². The molecule has 1 aromatic rings. The highest BCUT2D eigenvalue weighted by molar-refractivity contribution is 8.01. The van der Waals surface area contributed by atoms with Crippen LogP contribution in [0.15, 0.2) is 12.1 Å². The number of hydrogen-bond donors (Lipinski definition) is 1. The number of nitrogens with zero attached hydrogens (tertiary/aromatic N) is 1. The molecular formula is C14H15Cl3N2O3S. The quantitative estimate of drug-likeness (QED) is 0.745. The van der Waals surface area contributed by atoms with E-state index in [0.717, 1.165) is 0 Å². The highest BCUT2D eigenvalue weighted by Gasteiger charge is 2.37. The zero-order valence-corrected chi connectivity index (χ0v) is 15.7. The Morgan fingerprint density at radius 2 is 1.87 bits per heavy atom. The van der Waals surface area contributed by atoms with Crippen LogP contribution in [0.25, 0.3) is 0 Å². The van der Waals surface area contributed by atoms with E-state index in [-0.39, 0.29) is 21.0 Å². The highest BCUT2D eigenvalue weighted by Crippen LogP contribution is 2.37. The maximum Gasteiger partial charge on any atom is 0.409 e. The van der Waals surface area contributed by atoms with Crippen LogP contribution >= 0.6 is 46.6 Å². The highest BCUT2D eigenvalue weighted by atomic mass is 35.5. The lowest BCUT2D eigenvalue weighted by atomic mass is 10.1. The number of nitrogens with one attached hydrogen (secondary N) is 1. The number of halogens is 3. The van der Waals surface area contributed by atoms with Crippen molar-refractivity contribution in [2.24, 2.45) is 0 Å². The molecule has 1 fully saturated rings. The number of anilines is 1. The lowest BCUT2D eigenvalue weighted by Crippen LogP contribution is -2.43. The Labute approximate surface area is 153 Å². The summed E-state index contributed by atoms with van der Waals surface area (Å²) in [6, 6.07) is 3.09. The van der Waals surface area contributed by atoms with Gasteiger partial charge in [-0.05, 0) is 32.9 Å². The minimum absolute atomic E-state index is 0.230. The third-order valence-electron chi connectivity index (χ3n) is 2.79. The third kappa shape index (κ3) is 4.59. The Bertz CT molecular complexity index is 626. The summed E-state index contributed by atoms with van der Waals surface area (Å²) in [4.78, 5) is 25.6. The van der Waals surface area contributed by atoms with E-state index < -0.39 is 17.1 Å². The molecule has 0 bridgehead atoms. The molecule has 9 heteroatoms. The van der Waals surface area contributed by atoms with Crippen molar-refractivity contribution in [3.8, 4) is 0 Å². The first kappa shape index (κ1) is 18.5. The predicted octanol–water partition coefficient (Wildman–Crippen LogP) is 4.53. The molecule has 0 aliphatic carbocycles. The predicted molar refractivity (Wildman–Crippen MR) is 94.6 cm³/mol. The number of thioether (sulfide) groups is 1. The summed E-state index contributed by atoms with van der Waals surface area (Å²) in [5.74, 6) is -0.0332. The second-order valence-electron chi connectivity index (χ2n) is 5.90. The van der Waals surface area contributed by atoms with Gasteiger partial charge in [0, 0.05) is 11.2 Å². The molecule has 0 saturated carbocycles. The number of alkyl carbamates (subject to hydrolysis) is 1. The molecule has 1 heterocycles. The molecule has 23 heavy (non-hydrogen) atoms. The fourth-order valence-electron chi connectivity index (χ4n) is 1.82. The molecule has 1 unspecified atom stereocenters. The Hall–Kier alpha value is -0.820. The van der Waals surface area contributed by atoms with E-state index in [4.69, 9.17) is 39.5 Å². The van der Waals surface area contributed by atoms with Gasteiger partial charge in [0.15, 0.2) is 0 Å². The van der Waals surface area contributed by atoms with Crippen LogP contribution in [0.5, 0.6) is 0 Å². The first-order valence-corrected chi connectivity index (χ1v) is 8.83. The molecule has 1 atom stereocenters. The fourth-order valence-corrected chi connectivity index (χ4v) is 3.39. The number of rotatable bonds is 2. The van der Waals surface area contributed by atoms with Crippen molar-refractivity contribution in [2.75, 3.05) is 10.8 Å². The van der Waals surface area contributed by atoms with Crippen LogP contribution in [0.1, 0.15) is 20.8 Å². The molecule has 5 nitrogen and oxygen atoms in total. The molecule has 2 amide bonds. The molecule has 1 aromatic carbocycles. The SMILES string of the molecule is CC(C)(C)NC(=O)OC1SCN(c2cc(Cl)c(Cl)c(Cl)c2)C1=O. The topological polar surface area (TPSA) is 58.6 Å². The number of hydrogen-bond acceptors (Lipinski definition) is 4. The normalized spacial score (nSPS) is 18.3. The third-order valence-corrected chi connectivity index (χ3v) is 5.00. The standard InChI is InChI=1S/C14H15Cl3N2O3S/c1-14(2,3)18-13(21)22-12-11(20)19(6-23-12)7-4-8(15)10(17)9(16)5-7/h4-5,12H,6H2,1-3H3,(H,18,21). The Morgan fingerprint density at radius 1 is 1.30 bits per heavy atom. The van der Waals surface area contributed by atoms with Crippen LogP contribution < -0.4 is 10.2 Å². The van der Waals surface area contributed by atoms with Gasteiger partial charge >= 0.3 is 6.09 Å². The Balaban J connectivity index is 2.09. The summed E-state index contributed by atoms with van der Waals surface area (Å²) in [5, 5.41) is 3.38. The van der Waals surface area contributed by atoms with Gasteiger partial charge in [0.1, 0.15) is 0 Å². The summed E-state index contributed by atoms with van der Waals surface area (Å²) >= 11 is 19.1. The van der Waals surface area contributed by atoms with Crippen LogP contribution in [0.4, 0.5) is 10.5 Å². The second kappa shape index (κ2) is 6.97. The van der Waals surface area contributed by atoms with Crippen molar-refractivity contribution in [2.45, 2.75) is 31.7 Å². The molecule has 1 saturated heterocycles. The van der Waals surface area contributed by atoms with Gasteiger partial charge in [0.25, 0.3) is 5.91 Å². The van der Waals surface area contributed by atoms with Crippen molar-refractivity contribution >= 4 is 64.3 Å². The van der Waals surface area contributed by atoms with E-state index in [9.17, 15) is 9.59 Å². The van der Waals surface area contributed by atoms with Crippen LogP contribution in [-0.2, 0) is 9.53 Å². The van der Waals surface area contributed by atoms with Gasteiger partial charge in [-0.15, -0.1) is 0 Å². The fraction of sp³-hybridized carbons (Fsp3) is 0.429. The molecule has 2 rings (SSSR count). The summed E-state index contributed by atoms with van der Waals surface area (Å²) < 4.78 is 5.17. The molecule has 1 aliphatic rings. The molecule has 0 spiro atoms. The molecule has 0 radical (unpaired) electrons. The van der Waals surface area contributed by atoms with Crippen molar-refractivity contribution in [3.63, 3.8) is 0 Å². The maximum absolute atomic E-state index is 12.4. The van der Waals surface area contributed by atoms with Crippen molar-refractivity contribution in [1.29, 1.82) is 0 Å². The number of carbonyl (C=O) groups is 2. The smallest absolute Gasteiger partial charge is 0.409 e. The minimum atomic E-state index is -0.912. The van der Waals surface area contributed by atoms with Crippen molar-refractivity contribution < 1.29 is 14.3 Å². The van der Waals surface area contributed by atoms with E-state index in [2.05, 4.69) is 5.32 Å². The number of benzene rings is 1. The van der Waals surface area contributed by atoms with Gasteiger partial charge in [0.05, 0.1) is 20.9 Å². The van der Waals surface area contributed by atoms with Crippen LogP contribution in [0.3, 0.4) is 0 Å². The van der Waals surface area contributed by atoms with Crippen LogP contribution in [0.2, 0.25) is 15.1 Å². The number of carbonyl (C=O) groups excluding carboxylic acids is 2. The largest absolute Gasteiger partial charge is 0.425 e. The zero-order chi connectivity index (χ0) is 17.4. The lowest BCUT2D eigenvalue weighted by Gasteiger charge is -2.21. The average molecular weight is 398 g/mol. The number of ether oxygens (including phenoxy) is 1. The van der Waals surface area contributed by atoms with E-state index in [1.807, 2.05) is 20.8 Å². The minimum Gasteiger partial charge on any atom is -0.425 e. The van der Waals surface area contributed by atoms with Crippen molar-refractivity contribution in [3.05, 3.63) is 27.2 Å². The van der Waals surface area contributed by atoms with Crippen molar-refractivity contribution in [1.82, 2.24) is 5.32 Å². The number of amides is 2. The van der Waals surface area contributed by atoms with Crippen LogP contribution in [0, 0.1) is 0 Å². The van der Waals surface area contributed by atoms with Gasteiger partial charge < -0.3 is 10.1 Å². The van der Waals surface area contributed by atoms with Gasteiger partial charge in [-0.3, -0.25) is 9.69 Å². The van der Waals surface area contributed by atoms with Gasteiger partial charge in [-0.1, -0.05) is 46.6 Å². The zero-order valence-electron chi connectivity index (χ0n) is 12.7. The molecule has 1 N–H and O–H groups in total. The maximum atomic E-state index is 12.4. The van der Waals surface area contributed by atoms with Gasteiger partial charge in [-0.25, -0.2) is 4.79 Å². The first-order valence-electron chi connectivity index (χ1n) is 6.65. The van der Waals surface area contributed by atoms with Gasteiger partial charge in [0.2, 0.25) is 5.44 Å². The molecular weight excluding hydrogens is 383 g/mol. The summed E-state index contributed by atoms with van der Waals surface area (Å²) in [6.07, 6.45) is -0.641. The van der Waals surface area contributed by atoms with E-state index in [1.54, 1.807) is 12.1 Å². The monoisotopic (exact) mass is 396 g/mol. The van der Waals surface area contributed by atoms with E-state index >= 15 is 0 Å².